The van der Waals surface area contributed by atoms with Crippen LogP contribution in [0.2, 0.25) is 0 Å². The van der Waals surface area contributed by atoms with Crippen LogP contribution in [0.1, 0.15) is 61.0 Å². The van der Waals surface area contributed by atoms with E-state index >= 15 is 0 Å². The van der Waals surface area contributed by atoms with Crippen LogP contribution < -0.4 is 30.9 Å². The number of aromatic nitrogens is 3. The molecule has 0 unspecified atom stereocenters. The fourth-order valence-corrected chi connectivity index (χ4v) is 7.34. The molecule has 14 nitrogen and oxygen atoms in total. The molecular formula is C50H58N10O4. The van der Waals surface area contributed by atoms with Gasteiger partial charge in [0.1, 0.15) is 22.5 Å². The summed E-state index contributed by atoms with van der Waals surface area (Å²) in [5.74, 6) is 2.61. The van der Waals surface area contributed by atoms with Crippen molar-refractivity contribution in [2.45, 2.75) is 55.4 Å². The second-order valence-corrected chi connectivity index (χ2v) is 14.4. The Morgan fingerprint density at radius 2 is 1.11 bits per heavy atom. The first-order valence-electron chi connectivity index (χ1n) is 21.9. The summed E-state index contributed by atoms with van der Waals surface area (Å²) in [5, 5.41) is 13.4. The van der Waals surface area contributed by atoms with Gasteiger partial charge in [-0.2, -0.15) is 0 Å². The van der Waals surface area contributed by atoms with Gasteiger partial charge in [-0.15, -0.1) is 11.5 Å². The average molecular weight is 863 g/mol. The molecule has 0 saturated carbocycles. The number of hydrogen-bond acceptors (Lipinski definition) is 11. The summed E-state index contributed by atoms with van der Waals surface area (Å²) in [6.07, 6.45) is 7.04. The lowest BCUT2D eigenvalue weighted by Crippen LogP contribution is -2.21. The molecule has 0 aliphatic carbocycles. The Morgan fingerprint density at radius 1 is 0.609 bits per heavy atom. The molecule has 64 heavy (non-hydrogen) atoms. The number of terminal acetylenes is 1. The average Bonchev–Trinajstić information content (AvgIpc) is 3.82. The highest BCUT2D eigenvalue weighted by atomic mass is 16.4. The van der Waals surface area contributed by atoms with Crippen molar-refractivity contribution in [3.63, 3.8) is 0 Å². The first-order valence-corrected chi connectivity index (χ1v) is 21.9. The van der Waals surface area contributed by atoms with Crippen LogP contribution in [-0.4, -0.2) is 67.4 Å². The first-order chi connectivity index (χ1) is 31.1. The Hall–Kier alpha value is -7.49. The molecule has 0 amide bonds. The van der Waals surface area contributed by atoms with Gasteiger partial charge in [0, 0.05) is 108 Å². The number of rotatable bonds is 15. The molecule has 0 N–H and O–H groups in total. The van der Waals surface area contributed by atoms with Crippen molar-refractivity contribution in [3.8, 4) is 29.3 Å². The van der Waals surface area contributed by atoms with Crippen molar-refractivity contribution in [3.05, 3.63) is 140 Å². The highest BCUT2D eigenvalue weighted by Crippen LogP contribution is 2.26. The largest absolute Gasteiger partial charge is 0.422 e. The monoisotopic (exact) mass is 862 g/mol. The second-order valence-electron chi connectivity index (χ2n) is 14.4. The van der Waals surface area contributed by atoms with Gasteiger partial charge in [-0.05, 0) is 140 Å². The third-order valence-corrected chi connectivity index (χ3v) is 11.0. The quantitative estimate of drug-likeness (QED) is 0.0320. The van der Waals surface area contributed by atoms with E-state index in [4.69, 9.17) is 20.8 Å². The van der Waals surface area contributed by atoms with E-state index in [1.807, 2.05) is 66.7 Å². The highest BCUT2D eigenvalue weighted by Gasteiger charge is 2.14. The van der Waals surface area contributed by atoms with E-state index < -0.39 is 11.3 Å². The van der Waals surface area contributed by atoms with E-state index in [2.05, 4.69) is 126 Å². The third kappa shape index (κ3) is 11.5. The van der Waals surface area contributed by atoms with Crippen LogP contribution in [0, 0.1) is 12.3 Å². The van der Waals surface area contributed by atoms with E-state index in [0.29, 0.717) is 22.5 Å². The van der Waals surface area contributed by atoms with Crippen molar-refractivity contribution in [1.29, 1.82) is 0 Å². The molecule has 7 aromatic rings. The molecule has 3 aromatic heterocycles. The lowest BCUT2D eigenvalue weighted by molar-refractivity contribution is 0.550. The van der Waals surface area contributed by atoms with Crippen molar-refractivity contribution in [2.24, 2.45) is 5.11 Å². The van der Waals surface area contributed by atoms with Crippen LogP contribution in [0.3, 0.4) is 0 Å². The topological polar surface area (TPSA) is 153 Å². The van der Waals surface area contributed by atoms with Gasteiger partial charge in [-0.1, -0.05) is 28.4 Å². The van der Waals surface area contributed by atoms with Gasteiger partial charge in [-0.25, -0.2) is 14.3 Å². The van der Waals surface area contributed by atoms with Gasteiger partial charge in [0.05, 0.1) is 6.20 Å². The Morgan fingerprint density at radius 3 is 1.66 bits per heavy atom. The number of azide groups is 1. The van der Waals surface area contributed by atoms with Gasteiger partial charge in [0.15, 0.2) is 5.69 Å². The molecule has 0 aliphatic heterocycles. The molecule has 332 valence electrons. The predicted octanol–water partition coefficient (Wildman–Crippen LogP) is 10.8. The standard InChI is InChI=1S/C25H29N5O2.C13H14N4O2.C12H15N/c1-5-28(6-2)20-11-9-18(10-12-20)22-17-30(27-26-22)23-16-19-15-21(29(7-3)8-4)13-14-24(19)32-25(23)31;1-3-17(4-2)10-6-5-9-7-11(15-16-14)13(18)19-12(9)8-10;1-4-11-7-9-12(10-8-11)13(5-2)6-3/h9-17H,5-8H2,1-4H3;5-8H,3-4H2,1-2H3;1,7-10H,5-6H2,2-3H3. The maximum atomic E-state index is 12.6. The maximum absolute atomic E-state index is 12.6. The fraction of sp³-hybridized carbons (Fsp3) is 0.320. The summed E-state index contributed by atoms with van der Waals surface area (Å²) in [4.78, 5) is 35.8. The molecule has 0 fully saturated rings. The normalized spacial score (nSPS) is 10.5. The second kappa shape index (κ2) is 23.1. The summed E-state index contributed by atoms with van der Waals surface area (Å²) < 4.78 is 12.2. The minimum absolute atomic E-state index is 0.0226. The van der Waals surface area contributed by atoms with Crippen molar-refractivity contribution in [1.82, 2.24) is 15.0 Å². The Balaban J connectivity index is 0.000000203. The van der Waals surface area contributed by atoms with Gasteiger partial charge in [0.25, 0.3) is 0 Å². The number of fused-ring (bicyclic) bond motifs is 2. The van der Waals surface area contributed by atoms with Crippen LogP contribution in [0.5, 0.6) is 0 Å². The maximum Gasteiger partial charge on any atom is 0.362 e. The molecule has 4 aromatic carbocycles. The van der Waals surface area contributed by atoms with Gasteiger partial charge in [-0.3, -0.25) is 0 Å². The van der Waals surface area contributed by atoms with E-state index in [0.717, 1.165) is 85.6 Å². The SMILES string of the molecule is C#Cc1ccc(N(CC)CC)cc1.CCN(CC)c1ccc(-c2cn(-c3cc4cc(N(CC)CC)ccc4oc3=O)nn2)cc1.CCN(CC)c1ccc2cc(N=[N+]=[N-])c(=O)oc2c1. The summed E-state index contributed by atoms with van der Waals surface area (Å²) in [5.41, 5.74) is 15.8. The van der Waals surface area contributed by atoms with Gasteiger partial charge < -0.3 is 28.4 Å². The van der Waals surface area contributed by atoms with Crippen LogP contribution in [-0.2, 0) is 0 Å². The number of anilines is 4. The smallest absolute Gasteiger partial charge is 0.362 e. The molecule has 0 bridgehead atoms. The summed E-state index contributed by atoms with van der Waals surface area (Å²) in [6.45, 7) is 24.5. The Kier molecular flexibility index (Phi) is 17.2. The van der Waals surface area contributed by atoms with Crippen molar-refractivity contribution >= 4 is 50.4 Å². The van der Waals surface area contributed by atoms with Gasteiger partial charge in [0.2, 0.25) is 0 Å². The van der Waals surface area contributed by atoms with E-state index in [9.17, 15) is 9.59 Å². The van der Waals surface area contributed by atoms with Crippen molar-refractivity contribution in [2.75, 3.05) is 72.0 Å². The van der Waals surface area contributed by atoms with Crippen LogP contribution in [0.25, 0.3) is 49.3 Å². The van der Waals surface area contributed by atoms with Crippen LogP contribution in [0.4, 0.5) is 28.4 Å². The molecule has 0 spiro atoms. The Labute approximate surface area is 375 Å². The first kappa shape index (κ1) is 47.6. The molecule has 0 aliphatic rings. The molecule has 0 saturated heterocycles. The highest BCUT2D eigenvalue weighted by molar-refractivity contribution is 5.83. The summed E-state index contributed by atoms with van der Waals surface area (Å²) in [6, 6.07) is 31.2. The fourth-order valence-electron chi connectivity index (χ4n) is 7.34. The molecular weight excluding hydrogens is 805 g/mol. The zero-order valence-corrected chi connectivity index (χ0v) is 38.2. The summed E-state index contributed by atoms with van der Waals surface area (Å²) in [7, 11) is 0. The van der Waals surface area contributed by atoms with E-state index in [1.165, 1.54) is 22.1 Å². The lowest BCUT2D eigenvalue weighted by Gasteiger charge is -2.21. The zero-order chi connectivity index (χ0) is 46.2. The predicted molar refractivity (Wildman–Crippen MR) is 263 cm³/mol. The molecule has 0 radical (unpaired) electrons. The third-order valence-electron chi connectivity index (χ3n) is 11.0. The van der Waals surface area contributed by atoms with E-state index in [1.54, 1.807) is 6.20 Å². The van der Waals surface area contributed by atoms with Crippen LogP contribution >= 0.6 is 0 Å². The van der Waals surface area contributed by atoms with Crippen LogP contribution in [0.15, 0.2) is 127 Å². The number of hydrogen-bond donors (Lipinski definition) is 0. The van der Waals surface area contributed by atoms with Gasteiger partial charge >= 0.3 is 11.3 Å². The number of nitrogens with zero attached hydrogens (tertiary/aromatic N) is 10. The van der Waals surface area contributed by atoms with Crippen molar-refractivity contribution < 1.29 is 8.83 Å². The molecule has 3 heterocycles. The molecule has 7 rings (SSSR count). The minimum atomic E-state index is -0.623. The van der Waals surface area contributed by atoms with E-state index in [-0.39, 0.29) is 5.69 Å². The zero-order valence-electron chi connectivity index (χ0n) is 38.2. The molecule has 0 atom stereocenters. The minimum Gasteiger partial charge on any atom is -0.422 e. The lowest BCUT2D eigenvalue weighted by atomic mass is 10.1. The summed E-state index contributed by atoms with van der Waals surface area (Å²) >= 11 is 0. The number of benzene rings is 4. The molecule has 14 heteroatoms. The Bertz CT molecular complexity index is 2800.